The first-order valence-corrected chi connectivity index (χ1v) is 12.1. The Bertz CT molecular complexity index is 1130. The fourth-order valence-corrected chi connectivity index (χ4v) is 5.60. The number of carbonyl (C=O) groups excluding carboxylic acids is 2. The van der Waals surface area contributed by atoms with Gasteiger partial charge in [-0.3, -0.25) is 9.59 Å². The van der Waals surface area contributed by atoms with Crippen LogP contribution in [0.1, 0.15) is 48.4 Å². The summed E-state index contributed by atoms with van der Waals surface area (Å²) in [5.41, 5.74) is 8.87. The van der Waals surface area contributed by atoms with Gasteiger partial charge in [-0.15, -0.1) is 0 Å². The van der Waals surface area contributed by atoms with Gasteiger partial charge in [0.2, 0.25) is 5.91 Å². The Kier molecular flexibility index (Phi) is 6.00. The summed E-state index contributed by atoms with van der Waals surface area (Å²) in [6.07, 6.45) is 9.67. The molecule has 2 aromatic carbocycles. The second-order valence-corrected chi connectivity index (χ2v) is 9.64. The molecule has 1 saturated heterocycles. The minimum absolute atomic E-state index is 0.0190. The molecule has 2 unspecified atom stereocenters. The van der Waals surface area contributed by atoms with Crippen LogP contribution in [0.4, 0.5) is 0 Å². The molecule has 2 aliphatic heterocycles. The van der Waals surface area contributed by atoms with Gasteiger partial charge < -0.3 is 21.3 Å². The Morgan fingerprint density at radius 3 is 2.62 bits per heavy atom. The van der Waals surface area contributed by atoms with Crippen molar-refractivity contribution in [3.63, 3.8) is 0 Å². The van der Waals surface area contributed by atoms with E-state index >= 15 is 0 Å². The van der Waals surface area contributed by atoms with Crippen LogP contribution >= 0.6 is 0 Å². The third-order valence-corrected chi connectivity index (χ3v) is 7.55. The van der Waals surface area contributed by atoms with Gasteiger partial charge in [-0.25, -0.2) is 0 Å². The summed E-state index contributed by atoms with van der Waals surface area (Å²) in [6, 6.07) is 17.4. The number of rotatable bonds is 5. The molecule has 6 nitrogen and oxygen atoms in total. The van der Waals surface area contributed by atoms with E-state index in [-0.39, 0.29) is 23.8 Å². The number of amides is 2. The average molecular weight is 457 g/mol. The molecule has 0 saturated carbocycles. The zero-order valence-electron chi connectivity index (χ0n) is 19.5. The van der Waals surface area contributed by atoms with Crippen LogP contribution in [0.25, 0.3) is 0 Å². The molecule has 5 rings (SSSR count). The van der Waals surface area contributed by atoms with Crippen molar-refractivity contribution in [3.8, 4) is 0 Å². The number of allylic oxidation sites excluding steroid dienone is 2. The molecule has 0 bridgehead atoms. The number of nitrogens with two attached hydrogens (primary N) is 1. The summed E-state index contributed by atoms with van der Waals surface area (Å²) < 4.78 is 0. The molecule has 1 aliphatic carbocycles. The van der Waals surface area contributed by atoms with Crippen LogP contribution in [0.3, 0.4) is 0 Å². The quantitative estimate of drug-likeness (QED) is 0.646. The topological polar surface area (TPSA) is 87.5 Å². The first-order valence-electron chi connectivity index (χ1n) is 12.1. The normalized spacial score (nSPS) is 28.3. The molecule has 34 heavy (non-hydrogen) atoms. The molecule has 3 aliphatic rings. The first-order chi connectivity index (χ1) is 16.5. The standard InChI is InChI=1S/C28H32N4O2/c1-19(29)28(15-7-8-16-30-28)27(34)32-18-22(20-9-3-2-4-10-20)17-25(32)26(33)31-24-14-13-21-11-5-6-12-23(21)24/h2-12,15-16,19,22,24-25,30H,13-14,17-18,29H2,1H3,(H,31,33)/t19?,22-,24-,25-,28?/m1/s1. The molecule has 0 spiro atoms. The summed E-state index contributed by atoms with van der Waals surface area (Å²) in [6.45, 7) is 2.31. The minimum atomic E-state index is -1.07. The largest absolute Gasteiger partial charge is 0.373 e. The highest BCUT2D eigenvalue weighted by molar-refractivity contribution is 5.95. The lowest BCUT2D eigenvalue weighted by molar-refractivity contribution is -0.142. The SMILES string of the molecule is CC(N)C1(C(=O)N2C[C@H](c3ccccc3)C[C@@H]2C(=O)N[C@@H]2CCc3ccccc32)C=CC=CN1. The molecule has 0 aromatic heterocycles. The van der Waals surface area contributed by atoms with Crippen LogP contribution in [0, 0.1) is 0 Å². The van der Waals surface area contributed by atoms with Gasteiger partial charge in [0.15, 0.2) is 5.54 Å². The van der Waals surface area contributed by atoms with Crippen molar-refractivity contribution in [2.24, 2.45) is 5.73 Å². The van der Waals surface area contributed by atoms with E-state index in [2.05, 4.69) is 34.9 Å². The number of benzene rings is 2. The number of nitrogens with one attached hydrogen (secondary N) is 2. The van der Waals surface area contributed by atoms with E-state index in [1.807, 2.05) is 55.5 Å². The Morgan fingerprint density at radius 2 is 1.88 bits per heavy atom. The second-order valence-electron chi connectivity index (χ2n) is 9.64. The number of hydrogen-bond donors (Lipinski definition) is 3. The van der Waals surface area contributed by atoms with Crippen LogP contribution in [-0.2, 0) is 16.0 Å². The van der Waals surface area contributed by atoms with E-state index in [1.54, 1.807) is 11.1 Å². The lowest BCUT2D eigenvalue weighted by Gasteiger charge is -2.39. The van der Waals surface area contributed by atoms with E-state index in [0.717, 1.165) is 18.4 Å². The van der Waals surface area contributed by atoms with Crippen LogP contribution in [0.15, 0.2) is 79.0 Å². The fraction of sp³-hybridized carbons (Fsp3) is 0.357. The van der Waals surface area contributed by atoms with Gasteiger partial charge in [0.05, 0.1) is 6.04 Å². The average Bonchev–Trinajstić information content (AvgIpc) is 3.49. The first kappa shape index (κ1) is 22.4. The Hall–Kier alpha value is -3.38. The molecule has 4 N–H and O–H groups in total. The van der Waals surface area contributed by atoms with Crippen LogP contribution in [-0.4, -0.2) is 40.9 Å². The van der Waals surface area contributed by atoms with E-state index in [9.17, 15) is 9.59 Å². The van der Waals surface area contributed by atoms with Crippen molar-refractivity contribution >= 4 is 11.8 Å². The lowest BCUT2D eigenvalue weighted by atomic mass is 9.87. The van der Waals surface area contributed by atoms with Gasteiger partial charge in [0, 0.05) is 18.5 Å². The van der Waals surface area contributed by atoms with E-state index in [1.165, 1.54) is 11.1 Å². The smallest absolute Gasteiger partial charge is 0.254 e. The van der Waals surface area contributed by atoms with Crippen LogP contribution < -0.4 is 16.4 Å². The van der Waals surface area contributed by atoms with Crippen molar-refractivity contribution in [1.82, 2.24) is 15.5 Å². The molecule has 176 valence electrons. The Morgan fingerprint density at radius 1 is 1.12 bits per heavy atom. The number of fused-ring (bicyclic) bond motifs is 1. The van der Waals surface area contributed by atoms with Crippen molar-refractivity contribution in [2.75, 3.05) is 6.54 Å². The van der Waals surface area contributed by atoms with Gasteiger partial charge >= 0.3 is 0 Å². The zero-order valence-corrected chi connectivity index (χ0v) is 19.5. The number of likely N-dealkylation sites (tertiary alicyclic amines) is 1. The monoisotopic (exact) mass is 456 g/mol. The molecule has 5 atom stereocenters. The third-order valence-electron chi connectivity index (χ3n) is 7.55. The molecule has 0 radical (unpaired) electrons. The minimum Gasteiger partial charge on any atom is -0.373 e. The molecule has 6 heteroatoms. The van der Waals surface area contributed by atoms with Crippen molar-refractivity contribution < 1.29 is 9.59 Å². The lowest BCUT2D eigenvalue weighted by Crippen LogP contribution is -2.66. The number of carbonyl (C=O) groups is 2. The summed E-state index contributed by atoms with van der Waals surface area (Å²) in [7, 11) is 0. The van der Waals surface area contributed by atoms with E-state index in [0.29, 0.717) is 13.0 Å². The van der Waals surface area contributed by atoms with Crippen molar-refractivity contribution in [2.45, 2.75) is 55.8 Å². The highest BCUT2D eigenvalue weighted by Crippen LogP contribution is 2.36. The van der Waals surface area contributed by atoms with Gasteiger partial charge in [-0.05, 0) is 61.2 Å². The van der Waals surface area contributed by atoms with E-state index in [4.69, 9.17) is 5.73 Å². The number of aryl methyl sites for hydroxylation is 1. The Labute approximate surface area is 200 Å². The zero-order chi connectivity index (χ0) is 23.7. The second kappa shape index (κ2) is 9.11. The molecule has 2 heterocycles. The van der Waals surface area contributed by atoms with Gasteiger partial charge in [0.1, 0.15) is 6.04 Å². The molecule has 1 fully saturated rings. The van der Waals surface area contributed by atoms with Crippen molar-refractivity contribution in [3.05, 3.63) is 95.7 Å². The third kappa shape index (κ3) is 3.92. The summed E-state index contributed by atoms with van der Waals surface area (Å²) in [5, 5.41) is 6.46. The highest BCUT2D eigenvalue weighted by Gasteiger charge is 2.49. The van der Waals surface area contributed by atoms with Crippen LogP contribution in [0.5, 0.6) is 0 Å². The maximum atomic E-state index is 14.0. The molecular weight excluding hydrogens is 424 g/mol. The van der Waals surface area contributed by atoms with Gasteiger partial charge in [0.25, 0.3) is 5.91 Å². The summed E-state index contributed by atoms with van der Waals surface area (Å²) in [5.74, 6) is -0.165. The summed E-state index contributed by atoms with van der Waals surface area (Å²) in [4.78, 5) is 29.4. The molecule has 2 amide bonds. The predicted octanol–water partition coefficient (Wildman–Crippen LogP) is 2.93. The van der Waals surface area contributed by atoms with Crippen molar-refractivity contribution in [1.29, 1.82) is 0 Å². The van der Waals surface area contributed by atoms with Crippen LogP contribution in [0.2, 0.25) is 0 Å². The fourth-order valence-electron chi connectivity index (χ4n) is 5.60. The molecular formula is C28H32N4O2. The number of nitrogens with zero attached hydrogens (tertiary/aromatic N) is 1. The van der Waals surface area contributed by atoms with E-state index < -0.39 is 17.6 Å². The van der Waals surface area contributed by atoms with Gasteiger partial charge in [-0.1, -0.05) is 60.7 Å². The number of dihydropyridines is 1. The highest BCUT2D eigenvalue weighted by atomic mass is 16.2. The number of hydrogen-bond acceptors (Lipinski definition) is 4. The molecule has 2 aromatic rings. The summed E-state index contributed by atoms with van der Waals surface area (Å²) >= 11 is 0. The maximum Gasteiger partial charge on any atom is 0.254 e. The van der Waals surface area contributed by atoms with Gasteiger partial charge in [-0.2, -0.15) is 0 Å². The maximum absolute atomic E-state index is 14.0. The Balaban J connectivity index is 1.43. The predicted molar refractivity (Wildman–Crippen MR) is 133 cm³/mol.